The number of hydrogen-bond acceptors (Lipinski definition) is 6. The molecule has 0 bridgehead atoms. The van der Waals surface area contributed by atoms with E-state index in [1.165, 1.54) is 6.92 Å². The molecule has 0 aromatic heterocycles. The largest absolute Gasteiger partial charge is 0.628 e. The summed E-state index contributed by atoms with van der Waals surface area (Å²) >= 11 is 11.7. The van der Waals surface area contributed by atoms with Crippen LogP contribution in [0.15, 0.2) is 30.3 Å². The highest BCUT2D eigenvalue weighted by Crippen LogP contribution is 2.57. The average Bonchev–Trinajstić information content (AvgIpc) is 2.48. The predicted molar refractivity (Wildman–Crippen MR) is 87.2 cm³/mol. The third-order valence-electron chi connectivity index (χ3n) is 2.57. The van der Waals surface area contributed by atoms with Gasteiger partial charge in [0, 0.05) is 6.92 Å². The Kier molecular flexibility index (Phi) is 8.01. The van der Waals surface area contributed by atoms with Crippen molar-refractivity contribution in [1.82, 2.24) is 0 Å². The highest BCUT2D eigenvalue weighted by atomic mass is 35.5. The van der Waals surface area contributed by atoms with E-state index in [9.17, 15) is 9.69 Å². The fraction of sp³-hybridized carbons (Fsp3) is 0.500. The molecule has 130 valence electrons. The van der Waals surface area contributed by atoms with Gasteiger partial charge in [0.1, 0.15) is 5.75 Å². The predicted octanol–water partition coefficient (Wildman–Crippen LogP) is 3.28. The fourth-order valence-electron chi connectivity index (χ4n) is 1.57. The molecule has 1 rings (SSSR count). The topological polar surface area (TPSA) is 77.0 Å². The number of hydrogen-bond donors (Lipinski definition) is 0. The summed E-state index contributed by atoms with van der Waals surface area (Å²) in [5.74, 6) is -2.03. The molecular weight excluding hydrogens is 366 g/mol. The van der Waals surface area contributed by atoms with E-state index < -0.39 is 24.3 Å². The molecule has 0 radical (unpaired) electrons. The molecule has 0 fully saturated rings. The highest BCUT2D eigenvalue weighted by Gasteiger charge is 2.46. The minimum atomic E-state index is -3.63. The van der Waals surface area contributed by atoms with Crippen molar-refractivity contribution in [2.45, 2.75) is 31.1 Å². The lowest BCUT2D eigenvalue weighted by Crippen LogP contribution is -2.39. The Morgan fingerprint density at radius 3 is 2.22 bits per heavy atom. The number of rotatable bonds is 9. The van der Waals surface area contributed by atoms with E-state index >= 15 is 0 Å². The maximum absolute atomic E-state index is 12.5. The maximum Gasteiger partial charge on any atom is 0.387 e. The number of ether oxygens (including phenoxy) is 2. The first-order valence-corrected chi connectivity index (χ1v) is 9.33. The van der Waals surface area contributed by atoms with Gasteiger partial charge in [0.15, 0.2) is 0 Å². The Balaban J connectivity index is 2.75. The van der Waals surface area contributed by atoms with Crippen molar-refractivity contribution in [1.29, 1.82) is 0 Å². The molecule has 0 saturated heterocycles. The SMILES string of the molecule is CCO[P+]([O-])(OCC)C(C)OC(=O)C(Cl)(Cl)Oc1ccccc1. The van der Waals surface area contributed by atoms with E-state index in [0.29, 0.717) is 0 Å². The lowest BCUT2D eigenvalue weighted by Gasteiger charge is -2.32. The van der Waals surface area contributed by atoms with Gasteiger partial charge in [0.2, 0.25) is 0 Å². The van der Waals surface area contributed by atoms with E-state index in [2.05, 4.69) is 0 Å². The van der Waals surface area contributed by atoms with Crippen LogP contribution in [0.3, 0.4) is 0 Å². The van der Waals surface area contributed by atoms with Gasteiger partial charge in [-0.1, -0.05) is 18.2 Å². The fourth-order valence-corrected chi connectivity index (χ4v) is 3.28. The van der Waals surface area contributed by atoms with E-state index in [1.807, 2.05) is 0 Å². The van der Waals surface area contributed by atoms with Crippen LogP contribution >= 0.6 is 31.1 Å². The second kappa shape index (κ2) is 9.02. The summed E-state index contributed by atoms with van der Waals surface area (Å²) in [6.45, 7) is 4.92. The number of alkyl halides is 2. The van der Waals surface area contributed by atoms with Gasteiger partial charge in [0.05, 0.1) is 13.2 Å². The Morgan fingerprint density at radius 2 is 1.74 bits per heavy atom. The third-order valence-corrected chi connectivity index (χ3v) is 5.26. The molecule has 0 aliphatic carbocycles. The van der Waals surface area contributed by atoms with Crippen molar-refractivity contribution in [3.63, 3.8) is 0 Å². The Morgan fingerprint density at radius 1 is 1.22 bits per heavy atom. The normalized spacial score (nSPS) is 13.5. The minimum absolute atomic E-state index is 0.132. The van der Waals surface area contributed by atoms with Crippen LogP contribution in [0.2, 0.25) is 0 Å². The number of halogens is 2. The number of carbonyl (C=O) groups excluding carboxylic acids is 1. The summed E-state index contributed by atoms with van der Waals surface area (Å²) in [7, 11) is -3.63. The molecule has 1 aromatic rings. The molecule has 23 heavy (non-hydrogen) atoms. The van der Waals surface area contributed by atoms with Crippen molar-refractivity contribution in [2.24, 2.45) is 0 Å². The first-order valence-electron chi connectivity index (χ1n) is 6.97. The molecule has 9 heteroatoms. The van der Waals surface area contributed by atoms with Crippen LogP contribution in [0.5, 0.6) is 5.75 Å². The summed E-state index contributed by atoms with van der Waals surface area (Å²) in [4.78, 5) is 24.6. The van der Waals surface area contributed by atoms with Gasteiger partial charge in [0.25, 0.3) is 13.8 Å². The zero-order valence-corrected chi connectivity index (χ0v) is 15.4. The molecule has 0 aliphatic heterocycles. The van der Waals surface area contributed by atoms with Crippen molar-refractivity contribution in [3.05, 3.63) is 30.3 Å². The molecule has 0 saturated carbocycles. The number of para-hydroxylation sites is 1. The molecular formula is C14H19Cl2O6P. The van der Waals surface area contributed by atoms with Gasteiger partial charge in [-0.3, -0.25) is 0 Å². The van der Waals surface area contributed by atoms with Gasteiger partial charge in [-0.2, -0.15) is 0 Å². The second-order valence-corrected chi connectivity index (χ2v) is 7.89. The standard InChI is InChI=1S/C14H19Cl2O6P/c1-4-19-23(18,20-5-2)11(3)21-13(17)14(15,16)22-12-9-7-6-8-10-12/h6-11H,4-5H2,1-3H3. The minimum Gasteiger partial charge on any atom is -0.628 e. The van der Waals surface area contributed by atoms with Crippen LogP contribution in [0.4, 0.5) is 0 Å². The summed E-state index contributed by atoms with van der Waals surface area (Å²) in [5.41, 5.74) is 0. The zero-order chi connectivity index (χ0) is 17.5. The number of esters is 1. The van der Waals surface area contributed by atoms with Crippen LogP contribution in [0.25, 0.3) is 0 Å². The monoisotopic (exact) mass is 384 g/mol. The van der Waals surface area contributed by atoms with Crippen molar-refractivity contribution < 1.29 is 28.2 Å². The lowest BCUT2D eigenvalue weighted by molar-refractivity contribution is -0.230. The van der Waals surface area contributed by atoms with E-state index in [-0.39, 0.29) is 19.0 Å². The first-order chi connectivity index (χ1) is 10.7. The first kappa shape index (κ1) is 20.4. The summed E-state index contributed by atoms with van der Waals surface area (Å²) in [5, 5.41) is 0. The molecule has 0 aliphatic rings. The van der Waals surface area contributed by atoms with Crippen LogP contribution in [-0.4, -0.2) is 29.5 Å². The second-order valence-electron chi connectivity index (χ2n) is 4.31. The summed E-state index contributed by atoms with van der Waals surface area (Å²) in [6.07, 6.45) is 0. The van der Waals surface area contributed by atoms with Gasteiger partial charge in [-0.05, 0) is 49.2 Å². The molecule has 6 nitrogen and oxygen atoms in total. The van der Waals surface area contributed by atoms with E-state index in [4.69, 9.17) is 41.7 Å². The molecule has 0 heterocycles. The maximum atomic E-state index is 12.5. The zero-order valence-electron chi connectivity index (χ0n) is 13.0. The van der Waals surface area contributed by atoms with Crippen molar-refractivity contribution in [2.75, 3.05) is 13.2 Å². The molecule has 1 aromatic carbocycles. The van der Waals surface area contributed by atoms with Crippen LogP contribution < -0.4 is 9.63 Å². The van der Waals surface area contributed by atoms with Gasteiger partial charge < -0.3 is 14.4 Å². The quantitative estimate of drug-likeness (QED) is 0.369. The van der Waals surface area contributed by atoms with Gasteiger partial charge in [-0.15, -0.1) is 0 Å². The van der Waals surface area contributed by atoms with Gasteiger partial charge in [-0.25, -0.2) is 13.8 Å². The number of carbonyl (C=O) groups is 1. The summed E-state index contributed by atoms with van der Waals surface area (Å²) in [6, 6.07) is 8.28. The van der Waals surface area contributed by atoms with Crippen LogP contribution in [0, 0.1) is 0 Å². The summed E-state index contributed by atoms with van der Waals surface area (Å²) < 4.78 is 18.1. The third kappa shape index (κ3) is 6.07. The van der Waals surface area contributed by atoms with E-state index in [1.54, 1.807) is 44.2 Å². The van der Waals surface area contributed by atoms with Crippen LogP contribution in [-0.2, 0) is 18.6 Å². The van der Waals surface area contributed by atoms with Gasteiger partial charge >= 0.3 is 10.5 Å². The molecule has 1 atom stereocenters. The van der Waals surface area contributed by atoms with Crippen LogP contribution in [0.1, 0.15) is 20.8 Å². The van der Waals surface area contributed by atoms with Crippen molar-refractivity contribution in [3.8, 4) is 5.75 Å². The van der Waals surface area contributed by atoms with E-state index in [0.717, 1.165) is 0 Å². The lowest BCUT2D eigenvalue weighted by atomic mass is 10.3. The molecule has 1 unspecified atom stereocenters. The Hall–Kier alpha value is -0.620. The smallest absolute Gasteiger partial charge is 0.387 e. The Labute approximate surface area is 146 Å². The molecule has 0 spiro atoms. The number of benzene rings is 1. The van der Waals surface area contributed by atoms with Crippen molar-refractivity contribution >= 4 is 37.1 Å². The average molecular weight is 385 g/mol. The molecule has 0 amide bonds. The Bertz CT molecular complexity index is 493. The molecule has 0 N–H and O–H groups in total. The highest BCUT2D eigenvalue weighted by molar-refractivity contribution is 7.59.